The van der Waals surface area contributed by atoms with Crippen LogP contribution in [0.1, 0.15) is 16.1 Å². The summed E-state index contributed by atoms with van der Waals surface area (Å²) in [5.74, 6) is -2.74. The summed E-state index contributed by atoms with van der Waals surface area (Å²) in [4.78, 5) is 24.0. The fraction of sp³-hybridized carbons (Fsp3) is 0.286. The molecule has 0 unspecified atom stereocenters. The number of hydrogen-bond donors (Lipinski definition) is 0. The van der Waals surface area contributed by atoms with Crippen LogP contribution in [0.3, 0.4) is 0 Å². The quantitative estimate of drug-likeness (QED) is 0.805. The minimum Gasteiger partial charge on any atom is -0.496 e. The van der Waals surface area contributed by atoms with Gasteiger partial charge in [-0.25, -0.2) is 4.79 Å². The molecule has 0 spiro atoms. The van der Waals surface area contributed by atoms with Crippen LogP contribution in [0.15, 0.2) is 21.3 Å². The van der Waals surface area contributed by atoms with Crippen molar-refractivity contribution in [3.05, 3.63) is 33.7 Å². The van der Waals surface area contributed by atoms with Gasteiger partial charge in [0.25, 0.3) is 0 Å². The van der Waals surface area contributed by atoms with Gasteiger partial charge < -0.3 is 18.6 Å². The molecule has 0 atom stereocenters. The maximum Gasteiger partial charge on any atom is 0.449 e. The topological polar surface area (TPSA) is 75.0 Å². The van der Waals surface area contributed by atoms with Gasteiger partial charge in [0, 0.05) is 12.1 Å². The number of hydrogen-bond acceptors (Lipinski definition) is 6. The first kappa shape index (κ1) is 16.7. The average molecular weight is 332 g/mol. The van der Waals surface area contributed by atoms with Crippen molar-refractivity contribution in [3.8, 4) is 11.5 Å². The third kappa shape index (κ3) is 2.81. The van der Waals surface area contributed by atoms with E-state index in [0.717, 1.165) is 13.2 Å². The number of benzene rings is 1. The lowest BCUT2D eigenvalue weighted by atomic mass is 10.1. The molecule has 0 saturated heterocycles. The minimum absolute atomic E-state index is 0.0896. The SMILES string of the molecule is COC(=O)c1c(OC)cc(OC)c2oc(C(F)(F)F)cc(=O)c12. The Bertz CT molecular complexity index is 822. The molecule has 0 bridgehead atoms. The van der Waals surface area contributed by atoms with E-state index in [2.05, 4.69) is 4.74 Å². The second-order valence-electron chi connectivity index (χ2n) is 4.32. The molecule has 1 heterocycles. The molecule has 0 radical (unpaired) electrons. The minimum atomic E-state index is -4.87. The molecule has 0 aliphatic rings. The van der Waals surface area contributed by atoms with E-state index in [1.807, 2.05) is 0 Å². The summed E-state index contributed by atoms with van der Waals surface area (Å²) in [7, 11) is 3.45. The summed E-state index contributed by atoms with van der Waals surface area (Å²) in [6.45, 7) is 0. The molecule has 6 nitrogen and oxygen atoms in total. The zero-order chi connectivity index (χ0) is 17.4. The molecule has 0 aliphatic heterocycles. The molecular formula is C14H11F3O6. The van der Waals surface area contributed by atoms with Crippen LogP contribution in [0.4, 0.5) is 13.2 Å². The molecule has 1 aromatic carbocycles. The van der Waals surface area contributed by atoms with E-state index in [0.29, 0.717) is 0 Å². The summed E-state index contributed by atoms with van der Waals surface area (Å²) in [5.41, 5.74) is -1.93. The normalized spacial score (nSPS) is 11.4. The van der Waals surface area contributed by atoms with Crippen LogP contribution in [0.5, 0.6) is 11.5 Å². The van der Waals surface area contributed by atoms with E-state index in [-0.39, 0.29) is 23.1 Å². The van der Waals surface area contributed by atoms with Gasteiger partial charge in [-0.3, -0.25) is 4.79 Å². The summed E-state index contributed by atoms with van der Waals surface area (Å²) in [6.07, 6.45) is -4.87. The smallest absolute Gasteiger partial charge is 0.449 e. The molecule has 0 amide bonds. The molecule has 0 N–H and O–H groups in total. The van der Waals surface area contributed by atoms with Gasteiger partial charge in [0.15, 0.2) is 16.8 Å². The van der Waals surface area contributed by atoms with Gasteiger partial charge in [0.05, 0.1) is 26.7 Å². The van der Waals surface area contributed by atoms with Crippen LogP contribution >= 0.6 is 0 Å². The Morgan fingerprint density at radius 2 is 1.70 bits per heavy atom. The highest BCUT2D eigenvalue weighted by molar-refractivity contribution is 6.07. The van der Waals surface area contributed by atoms with E-state index in [1.165, 1.54) is 14.2 Å². The van der Waals surface area contributed by atoms with Crippen molar-refractivity contribution in [2.24, 2.45) is 0 Å². The number of esters is 1. The summed E-state index contributed by atoms with van der Waals surface area (Å²) >= 11 is 0. The lowest BCUT2D eigenvalue weighted by Crippen LogP contribution is -2.15. The van der Waals surface area contributed by atoms with E-state index in [1.54, 1.807) is 0 Å². The van der Waals surface area contributed by atoms with Crippen LogP contribution in [0, 0.1) is 0 Å². The fourth-order valence-electron chi connectivity index (χ4n) is 2.04. The van der Waals surface area contributed by atoms with Gasteiger partial charge in [-0.2, -0.15) is 13.2 Å². The van der Waals surface area contributed by atoms with Crippen molar-refractivity contribution in [3.63, 3.8) is 0 Å². The van der Waals surface area contributed by atoms with Crippen LogP contribution in [0.25, 0.3) is 11.0 Å². The van der Waals surface area contributed by atoms with Gasteiger partial charge >= 0.3 is 12.1 Å². The van der Waals surface area contributed by atoms with E-state index in [4.69, 9.17) is 13.9 Å². The van der Waals surface area contributed by atoms with Gasteiger partial charge in [-0.1, -0.05) is 0 Å². The average Bonchev–Trinajstić information content (AvgIpc) is 2.51. The van der Waals surface area contributed by atoms with Crippen LogP contribution < -0.4 is 14.9 Å². The van der Waals surface area contributed by atoms with Crippen molar-refractivity contribution in [2.75, 3.05) is 21.3 Å². The van der Waals surface area contributed by atoms with E-state index >= 15 is 0 Å². The standard InChI is InChI=1S/C14H11F3O6/c1-20-7-5-8(21-2)12-10(11(7)13(19)22-3)6(18)4-9(23-12)14(15,16)17/h4-5H,1-3H3. The zero-order valence-electron chi connectivity index (χ0n) is 12.2. The highest BCUT2D eigenvalue weighted by Gasteiger charge is 2.36. The Labute approximate surface area is 127 Å². The first-order chi connectivity index (χ1) is 10.7. The predicted molar refractivity (Wildman–Crippen MR) is 71.9 cm³/mol. The second kappa shape index (κ2) is 5.82. The van der Waals surface area contributed by atoms with E-state index < -0.39 is 34.3 Å². The second-order valence-corrected chi connectivity index (χ2v) is 4.32. The fourth-order valence-corrected chi connectivity index (χ4v) is 2.04. The van der Waals surface area contributed by atoms with Crippen LogP contribution in [0.2, 0.25) is 0 Å². The maximum absolute atomic E-state index is 12.8. The van der Waals surface area contributed by atoms with Crippen molar-refractivity contribution >= 4 is 16.9 Å². The van der Waals surface area contributed by atoms with Crippen LogP contribution in [-0.4, -0.2) is 27.3 Å². The Balaban J connectivity index is 3.01. The third-order valence-corrected chi connectivity index (χ3v) is 3.04. The van der Waals surface area contributed by atoms with Gasteiger partial charge in [-0.15, -0.1) is 0 Å². The molecule has 0 fully saturated rings. The molecule has 2 aromatic rings. The molecule has 0 saturated carbocycles. The summed E-state index contributed by atoms with van der Waals surface area (Å²) in [6, 6.07) is 1.39. The molecule has 2 rings (SSSR count). The van der Waals surface area contributed by atoms with Crippen LogP contribution in [-0.2, 0) is 10.9 Å². The number of carbonyl (C=O) groups excluding carboxylic acids is 1. The van der Waals surface area contributed by atoms with Crippen molar-refractivity contribution in [2.45, 2.75) is 6.18 Å². The molecular weight excluding hydrogens is 321 g/mol. The predicted octanol–water partition coefficient (Wildman–Crippen LogP) is 2.62. The number of alkyl halides is 3. The highest BCUT2D eigenvalue weighted by Crippen LogP contribution is 2.38. The number of halogens is 3. The van der Waals surface area contributed by atoms with Crippen molar-refractivity contribution in [1.82, 2.24) is 0 Å². The highest BCUT2D eigenvalue weighted by atomic mass is 19.4. The lowest BCUT2D eigenvalue weighted by Gasteiger charge is -2.14. The third-order valence-electron chi connectivity index (χ3n) is 3.04. The van der Waals surface area contributed by atoms with Crippen molar-refractivity contribution in [1.29, 1.82) is 0 Å². The van der Waals surface area contributed by atoms with Crippen molar-refractivity contribution < 1.29 is 36.6 Å². The molecule has 124 valence electrons. The molecule has 1 aromatic heterocycles. The van der Waals surface area contributed by atoms with Gasteiger partial charge in [0.1, 0.15) is 11.3 Å². The number of carbonyl (C=O) groups is 1. The largest absolute Gasteiger partial charge is 0.496 e. The molecule has 9 heteroatoms. The first-order valence-electron chi connectivity index (χ1n) is 6.13. The monoisotopic (exact) mass is 332 g/mol. The number of fused-ring (bicyclic) bond motifs is 1. The first-order valence-corrected chi connectivity index (χ1v) is 6.13. The molecule has 23 heavy (non-hydrogen) atoms. The Morgan fingerprint density at radius 3 is 2.17 bits per heavy atom. The lowest BCUT2D eigenvalue weighted by molar-refractivity contribution is -0.152. The Kier molecular flexibility index (Phi) is 4.22. The maximum atomic E-state index is 12.8. The Hall–Kier alpha value is -2.71. The zero-order valence-corrected chi connectivity index (χ0v) is 12.2. The summed E-state index contributed by atoms with van der Waals surface area (Å²) in [5, 5.41) is -0.416. The summed E-state index contributed by atoms with van der Waals surface area (Å²) < 4.78 is 57.7. The Morgan fingerprint density at radius 1 is 1.09 bits per heavy atom. The van der Waals surface area contributed by atoms with Gasteiger partial charge in [0.2, 0.25) is 5.76 Å². The molecule has 0 aliphatic carbocycles. The number of rotatable bonds is 3. The van der Waals surface area contributed by atoms with E-state index in [9.17, 15) is 22.8 Å². The number of methoxy groups -OCH3 is 3. The number of ether oxygens (including phenoxy) is 3. The van der Waals surface area contributed by atoms with Gasteiger partial charge in [-0.05, 0) is 0 Å².